The highest BCUT2D eigenvalue weighted by Gasteiger charge is 2.64. The Kier molecular flexibility index (Phi) is 7.89. The molecule has 2 atom stereocenters. The molecule has 7 heteroatoms. The van der Waals surface area contributed by atoms with E-state index >= 15 is 0 Å². The Morgan fingerprint density at radius 2 is 1.77 bits per heavy atom. The van der Waals surface area contributed by atoms with E-state index in [4.69, 9.17) is 4.74 Å². The zero-order valence-corrected chi connectivity index (χ0v) is 22.8. The molecule has 1 heterocycles. The predicted octanol–water partition coefficient (Wildman–Crippen LogP) is 5.72. The van der Waals surface area contributed by atoms with E-state index < -0.39 is 21.3 Å². The Bertz CT molecular complexity index is 1170. The zero-order chi connectivity index (χ0) is 25.3. The average Bonchev–Trinajstić information content (AvgIpc) is 3.46. The standard InChI is InChI=1S/C18H23OS.C10H16O4S/c1-2-3-12-19-17-10-11-18(20-13-6-7-14-20)16-9-5-4-8-15(16)17;1-9(2)7-3-4-10(9,8(11)5-7)6-15(12,13)14/h4-5,8-11H,2-3,6-7,12-14H2,1H3;7H,3-6H2,1-2H3,(H,12,13,14)/q+1;/p-1. The Balaban J connectivity index is 0.000000172. The normalized spacial score (nSPS) is 25.6. The third kappa shape index (κ3) is 5.28. The van der Waals surface area contributed by atoms with E-state index in [-0.39, 0.29) is 17.1 Å². The second kappa shape index (κ2) is 10.4. The Hall–Kier alpha value is -1.57. The van der Waals surface area contributed by atoms with Gasteiger partial charge in [-0.2, -0.15) is 0 Å². The first kappa shape index (κ1) is 26.5. The molecule has 2 saturated carbocycles. The lowest BCUT2D eigenvalue weighted by Crippen LogP contribution is -2.42. The van der Waals surface area contributed by atoms with Crippen molar-refractivity contribution in [3.8, 4) is 5.75 Å². The van der Waals surface area contributed by atoms with Crippen LogP contribution < -0.4 is 4.74 Å². The van der Waals surface area contributed by atoms with Crippen LogP contribution in [0.1, 0.15) is 65.7 Å². The monoisotopic (exact) mass is 518 g/mol. The minimum Gasteiger partial charge on any atom is -0.748 e. The van der Waals surface area contributed by atoms with Crippen molar-refractivity contribution in [3.05, 3.63) is 36.4 Å². The van der Waals surface area contributed by atoms with Crippen molar-refractivity contribution in [1.82, 2.24) is 0 Å². The molecule has 192 valence electrons. The molecule has 0 radical (unpaired) electrons. The fourth-order valence-corrected chi connectivity index (χ4v) is 10.0. The van der Waals surface area contributed by atoms with E-state index in [1.807, 2.05) is 13.8 Å². The smallest absolute Gasteiger partial charge is 0.162 e. The van der Waals surface area contributed by atoms with E-state index in [0.29, 0.717) is 23.7 Å². The van der Waals surface area contributed by atoms with Crippen molar-refractivity contribution in [2.75, 3.05) is 23.9 Å². The summed E-state index contributed by atoms with van der Waals surface area (Å²) in [7, 11) is -3.86. The van der Waals surface area contributed by atoms with Crippen molar-refractivity contribution in [3.63, 3.8) is 0 Å². The number of rotatable bonds is 7. The molecule has 2 aromatic rings. The molecule has 35 heavy (non-hydrogen) atoms. The van der Waals surface area contributed by atoms with E-state index in [9.17, 15) is 17.8 Å². The second-order valence-electron chi connectivity index (χ2n) is 10.8. The summed E-state index contributed by atoms with van der Waals surface area (Å²) in [6, 6.07) is 13.3. The third-order valence-corrected chi connectivity index (χ3v) is 11.9. The molecule has 2 aromatic carbocycles. The molecule has 1 aliphatic heterocycles. The first-order valence-corrected chi connectivity index (χ1v) is 16.0. The summed E-state index contributed by atoms with van der Waals surface area (Å²) in [6.45, 7) is 6.86. The number of ketones is 1. The van der Waals surface area contributed by atoms with E-state index in [1.165, 1.54) is 41.5 Å². The molecule has 0 aromatic heterocycles. The molecule has 5 rings (SSSR count). The highest BCUT2D eigenvalue weighted by atomic mass is 32.2. The van der Waals surface area contributed by atoms with Gasteiger partial charge in [0.25, 0.3) is 0 Å². The fourth-order valence-electron chi connectivity index (χ4n) is 6.23. The van der Waals surface area contributed by atoms with Crippen molar-refractivity contribution in [2.45, 2.75) is 70.6 Å². The third-order valence-electron chi connectivity index (χ3n) is 8.50. The van der Waals surface area contributed by atoms with E-state index in [2.05, 4.69) is 43.3 Å². The molecule has 3 fully saturated rings. The number of fused-ring (bicyclic) bond motifs is 3. The molecule has 0 amide bonds. The SMILES string of the molecule is CC1(C)C2CCC1(CS(=O)(=O)[O-])C(=O)C2.CCCCOc1ccc([S+]2CCCC2)c2ccccc12. The van der Waals surface area contributed by atoms with Crippen LogP contribution in [0.3, 0.4) is 0 Å². The van der Waals surface area contributed by atoms with Crippen molar-refractivity contribution < 1.29 is 22.5 Å². The van der Waals surface area contributed by atoms with Gasteiger partial charge >= 0.3 is 0 Å². The van der Waals surface area contributed by atoms with Crippen molar-refractivity contribution in [2.24, 2.45) is 16.7 Å². The van der Waals surface area contributed by atoms with Gasteiger partial charge in [-0.3, -0.25) is 4.79 Å². The van der Waals surface area contributed by atoms with Crippen LogP contribution in [0.5, 0.6) is 5.75 Å². The van der Waals surface area contributed by atoms with Crippen LogP contribution >= 0.6 is 0 Å². The van der Waals surface area contributed by atoms with Gasteiger partial charge in [0.1, 0.15) is 23.0 Å². The highest BCUT2D eigenvalue weighted by molar-refractivity contribution is 7.97. The fraction of sp³-hybridized carbons (Fsp3) is 0.607. The lowest BCUT2D eigenvalue weighted by Gasteiger charge is -2.37. The number of benzene rings is 2. The van der Waals surface area contributed by atoms with Crippen LogP contribution in [0.4, 0.5) is 0 Å². The zero-order valence-electron chi connectivity index (χ0n) is 21.2. The number of ether oxygens (including phenoxy) is 1. The van der Waals surface area contributed by atoms with Gasteiger partial charge in [0.05, 0.1) is 22.5 Å². The van der Waals surface area contributed by atoms with Gasteiger partial charge in [-0.05, 0) is 61.6 Å². The van der Waals surface area contributed by atoms with Gasteiger partial charge in [-0.1, -0.05) is 45.4 Å². The first-order chi connectivity index (χ1) is 16.6. The predicted molar refractivity (Wildman–Crippen MR) is 142 cm³/mol. The van der Waals surface area contributed by atoms with Crippen LogP contribution in [0.25, 0.3) is 10.8 Å². The highest BCUT2D eigenvalue weighted by Crippen LogP contribution is 2.64. The van der Waals surface area contributed by atoms with Crippen LogP contribution in [0, 0.1) is 16.7 Å². The topological polar surface area (TPSA) is 83.5 Å². The number of hydrogen-bond donors (Lipinski definition) is 0. The molecule has 0 spiro atoms. The molecule has 1 saturated heterocycles. The molecule has 2 bridgehead atoms. The number of unbranched alkanes of at least 4 members (excludes halogenated alkanes) is 1. The maximum atomic E-state index is 11.8. The minimum atomic E-state index is -4.33. The first-order valence-electron chi connectivity index (χ1n) is 12.9. The van der Waals surface area contributed by atoms with Crippen LogP contribution in [-0.4, -0.2) is 42.6 Å². The lowest BCUT2D eigenvalue weighted by atomic mass is 9.70. The van der Waals surface area contributed by atoms with Gasteiger partial charge in [-0.15, -0.1) is 0 Å². The van der Waals surface area contributed by atoms with E-state index in [0.717, 1.165) is 25.2 Å². The summed E-state index contributed by atoms with van der Waals surface area (Å²) in [5.74, 6) is 3.53. The quantitative estimate of drug-likeness (QED) is 0.266. The van der Waals surface area contributed by atoms with Crippen molar-refractivity contribution in [1.29, 1.82) is 0 Å². The average molecular weight is 519 g/mol. The Morgan fingerprint density at radius 3 is 2.34 bits per heavy atom. The van der Waals surface area contributed by atoms with Crippen LogP contribution in [-0.2, 0) is 25.8 Å². The number of carbonyl (C=O) groups is 1. The summed E-state index contributed by atoms with van der Waals surface area (Å²) < 4.78 is 38.7. The summed E-state index contributed by atoms with van der Waals surface area (Å²) >= 11 is 0. The maximum Gasteiger partial charge on any atom is 0.162 e. The number of hydrogen-bond acceptors (Lipinski definition) is 5. The van der Waals surface area contributed by atoms with Gasteiger partial charge in [-0.25, -0.2) is 8.42 Å². The lowest BCUT2D eigenvalue weighted by molar-refractivity contribution is -0.128. The summed E-state index contributed by atoms with van der Waals surface area (Å²) in [5, 5.41) is 2.70. The number of Topliss-reactive ketones (excluding diaryl/α,β-unsaturated/α-hetero) is 1. The molecule has 2 unspecified atom stereocenters. The Labute approximate surface area is 213 Å². The molecule has 2 aliphatic carbocycles. The van der Waals surface area contributed by atoms with Crippen LogP contribution in [0.15, 0.2) is 41.3 Å². The largest absolute Gasteiger partial charge is 0.748 e. The summed E-state index contributed by atoms with van der Waals surface area (Å²) in [5.41, 5.74) is -1.22. The van der Waals surface area contributed by atoms with Crippen molar-refractivity contribution >= 4 is 37.6 Å². The molecular formula is C28H38O5S2. The van der Waals surface area contributed by atoms with Gasteiger partial charge < -0.3 is 9.29 Å². The minimum absolute atomic E-state index is 0.0248. The molecular weight excluding hydrogens is 480 g/mol. The van der Waals surface area contributed by atoms with Crippen LogP contribution in [0.2, 0.25) is 0 Å². The maximum absolute atomic E-state index is 11.8. The number of carbonyl (C=O) groups excluding carboxylic acids is 1. The van der Waals surface area contributed by atoms with Gasteiger partial charge in [0.2, 0.25) is 0 Å². The van der Waals surface area contributed by atoms with Gasteiger partial charge in [0, 0.05) is 33.5 Å². The molecule has 3 aliphatic rings. The van der Waals surface area contributed by atoms with E-state index in [1.54, 1.807) is 4.90 Å². The molecule has 0 N–H and O–H groups in total. The summed E-state index contributed by atoms with van der Waals surface area (Å²) in [6.07, 6.45) is 6.97. The molecule has 5 nitrogen and oxygen atoms in total. The summed E-state index contributed by atoms with van der Waals surface area (Å²) in [4.78, 5) is 13.4. The second-order valence-corrected chi connectivity index (χ2v) is 14.4. The van der Waals surface area contributed by atoms with Gasteiger partial charge in [0.15, 0.2) is 4.90 Å². The Morgan fingerprint density at radius 1 is 1.09 bits per heavy atom.